The van der Waals surface area contributed by atoms with Gasteiger partial charge in [0.2, 0.25) is 0 Å². The Morgan fingerprint density at radius 1 is 1.36 bits per heavy atom. The molecule has 4 N–H and O–H groups in total. The van der Waals surface area contributed by atoms with E-state index in [1.165, 1.54) is 0 Å². The van der Waals surface area contributed by atoms with E-state index in [4.69, 9.17) is 20.9 Å². The van der Waals surface area contributed by atoms with Gasteiger partial charge in [0.1, 0.15) is 0 Å². The molecule has 0 amide bonds. The number of hydrogen-bond donors (Lipinski definition) is 2. The maximum Gasteiger partial charge on any atom is 0.185 e. The first kappa shape index (κ1) is 8.29. The third-order valence-electron chi connectivity index (χ3n) is 1.35. The first-order valence-electron chi connectivity index (χ1n) is 3.57. The molecule has 11 heavy (non-hydrogen) atoms. The molecule has 0 aliphatic carbocycles. The quantitative estimate of drug-likeness (QED) is 0.409. The second-order valence-electron chi connectivity index (χ2n) is 2.27. The summed E-state index contributed by atoms with van der Waals surface area (Å²) < 4.78 is 10.3. The van der Waals surface area contributed by atoms with Crippen LogP contribution in [0, 0.1) is 0 Å². The summed E-state index contributed by atoms with van der Waals surface area (Å²) in [6, 6.07) is 0. The molecule has 5 nitrogen and oxygen atoms in total. The van der Waals surface area contributed by atoms with E-state index >= 15 is 0 Å². The Balaban J connectivity index is 2.07. The van der Waals surface area contributed by atoms with Crippen LogP contribution < -0.4 is 11.5 Å². The van der Waals surface area contributed by atoms with Gasteiger partial charge < -0.3 is 20.9 Å². The monoisotopic (exact) mass is 159 g/mol. The fourth-order valence-electron chi connectivity index (χ4n) is 0.873. The molecule has 1 aliphatic heterocycles. The minimum atomic E-state index is -0.113. The van der Waals surface area contributed by atoms with E-state index in [1.807, 2.05) is 0 Å². The average molecular weight is 159 g/mol. The molecule has 0 spiro atoms. The molecule has 1 fully saturated rings. The molecule has 1 aliphatic rings. The highest BCUT2D eigenvalue weighted by Gasteiger charge is 2.14. The van der Waals surface area contributed by atoms with E-state index in [9.17, 15) is 0 Å². The van der Waals surface area contributed by atoms with Gasteiger partial charge >= 0.3 is 0 Å². The van der Waals surface area contributed by atoms with E-state index in [2.05, 4.69) is 4.99 Å². The number of guanidine groups is 1. The van der Waals surface area contributed by atoms with Crippen molar-refractivity contribution in [3.63, 3.8) is 0 Å². The van der Waals surface area contributed by atoms with Crippen LogP contribution in [0.4, 0.5) is 0 Å². The number of nitrogens with zero attached hydrogens (tertiary/aromatic N) is 1. The van der Waals surface area contributed by atoms with Crippen molar-refractivity contribution in [2.45, 2.75) is 12.7 Å². The first-order chi connectivity index (χ1) is 5.29. The van der Waals surface area contributed by atoms with Crippen molar-refractivity contribution in [2.75, 3.05) is 19.8 Å². The summed E-state index contributed by atoms with van der Waals surface area (Å²) in [5, 5.41) is 0. The van der Waals surface area contributed by atoms with E-state index in [1.54, 1.807) is 0 Å². The number of ether oxygens (including phenoxy) is 2. The zero-order chi connectivity index (χ0) is 8.10. The Hall–Kier alpha value is -0.810. The molecule has 0 aromatic rings. The summed E-state index contributed by atoms with van der Waals surface area (Å²) in [6.45, 7) is 1.91. The maximum absolute atomic E-state index is 5.16. The molecular formula is C6H13N3O2. The van der Waals surface area contributed by atoms with Gasteiger partial charge in [0.25, 0.3) is 0 Å². The second-order valence-corrected chi connectivity index (χ2v) is 2.27. The van der Waals surface area contributed by atoms with Crippen molar-refractivity contribution in [1.29, 1.82) is 0 Å². The Morgan fingerprint density at radius 3 is 2.55 bits per heavy atom. The van der Waals surface area contributed by atoms with Crippen LogP contribution in [0.2, 0.25) is 0 Å². The molecule has 0 bridgehead atoms. The van der Waals surface area contributed by atoms with Crippen molar-refractivity contribution < 1.29 is 9.47 Å². The van der Waals surface area contributed by atoms with Crippen LogP contribution in [0.15, 0.2) is 4.99 Å². The molecule has 64 valence electrons. The number of rotatable bonds is 3. The highest BCUT2D eigenvalue weighted by molar-refractivity contribution is 5.75. The van der Waals surface area contributed by atoms with Gasteiger partial charge in [-0.1, -0.05) is 0 Å². The smallest absolute Gasteiger partial charge is 0.185 e. The zero-order valence-electron chi connectivity index (χ0n) is 6.32. The van der Waals surface area contributed by atoms with Crippen LogP contribution in [-0.4, -0.2) is 32.0 Å². The molecule has 1 saturated heterocycles. The highest BCUT2D eigenvalue weighted by atomic mass is 16.7. The minimum absolute atomic E-state index is 0.113. The Bertz CT molecular complexity index is 139. The lowest BCUT2D eigenvalue weighted by atomic mass is 10.4. The summed E-state index contributed by atoms with van der Waals surface area (Å²) in [7, 11) is 0. The van der Waals surface area contributed by atoms with Gasteiger partial charge in [-0.25, -0.2) is 0 Å². The number of aliphatic imine (C=N–C) groups is 1. The summed E-state index contributed by atoms with van der Waals surface area (Å²) >= 11 is 0. The van der Waals surface area contributed by atoms with E-state index < -0.39 is 0 Å². The Labute approximate surface area is 65.4 Å². The van der Waals surface area contributed by atoms with Gasteiger partial charge in [0.05, 0.1) is 13.2 Å². The summed E-state index contributed by atoms with van der Waals surface area (Å²) in [4.78, 5) is 3.80. The van der Waals surface area contributed by atoms with Gasteiger partial charge in [-0.15, -0.1) is 0 Å². The molecule has 0 aromatic heterocycles. The van der Waals surface area contributed by atoms with E-state index in [0.717, 1.165) is 6.42 Å². The lowest BCUT2D eigenvalue weighted by Crippen LogP contribution is -2.23. The van der Waals surface area contributed by atoms with Crippen molar-refractivity contribution in [1.82, 2.24) is 0 Å². The molecule has 0 aromatic carbocycles. The molecular weight excluding hydrogens is 146 g/mol. The number of nitrogens with two attached hydrogens (primary N) is 2. The van der Waals surface area contributed by atoms with Crippen LogP contribution in [0.3, 0.4) is 0 Å². The minimum Gasteiger partial charge on any atom is -0.370 e. The molecule has 1 heterocycles. The summed E-state index contributed by atoms with van der Waals surface area (Å²) in [5.74, 6) is 0.114. The Morgan fingerprint density at radius 2 is 2.00 bits per heavy atom. The largest absolute Gasteiger partial charge is 0.370 e. The van der Waals surface area contributed by atoms with Crippen molar-refractivity contribution in [3.8, 4) is 0 Å². The molecule has 0 saturated carbocycles. The number of hydrogen-bond acceptors (Lipinski definition) is 3. The molecule has 0 radical (unpaired) electrons. The van der Waals surface area contributed by atoms with Crippen LogP contribution >= 0.6 is 0 Å². The van der Waals surface area contributed by atoms with Gasteiger partial charge in [-0.2, -0.15) is 0 Å². The second kappa shape index (κ2) is 4.15. The SMILES string of the molecule is NC(N)=NCCC1OCCO1. The third kappa shape index (κ3) is 3.20. The third-order valence-corrected chi connectivity index (χ3v) is 1.35. The molecule has 0 atom stereocenters. The predicted molar refractivity (Wildman–Crippen MR) is 41.0 cm³/mol. The normalized spacial score (nSPS) is 18.5. The molecule has 5 heteroatoms. The lowest BCUT2D eigenvalue weighted by Gasteiger charge is -2.05. The van der Waals surface area contributed by atoms with Gasteiger partial charge in [-0.3, -0.25) is 4.99 Å². The fourth-order valence-corrected chi connectivity index (χ4v) is 0.873. The standard InChI is InChI=1S/C6H13N3O2/c7-6(8)9-2-1-5-10-3-4-11-5/h5H,1-4H2,(H4,7,8,9). The van der Waals surface area contributed by atoms with Gasteiger partial charge in [0, 0.05) is 13.0 Å². The van der Waals surface area contributed by atoms with Crippen LogP contribution in [-0.2, 0) is 9.47 Å². The fraction of sp³-hybridized carbons (Fsp3) is 0.833. The van der Waals surface area contributed by atoms with Crippen molar-refractivity contribution in [2.24, 2.45) is 16.5 Å². The summed E-state index contributed by atoms with van der Waals surface area (Å²) in [6.07, 6.45) is 0.607. The average Bonchev–Trinajstić information content (AvgIpc) is 2.39. The maximum atomic E-state index is 5.16. The van der Waals surface area contributed by atoms with E-state index in [-0.39, 0.29) is 12.2 Å². The first-order valence-corrected chi connectivity index (χ1v) is 3.57. The topological polar surface area (TPSA) is 82.9 Å². The van der Waals surface area contributed by atoms with Crippen LogP contribution in [0.1, 0.15) is 6.42 Å². The van der Waals surface area contributed by atoms with E-state index in [0.29, 0.717) is 19.8 Å². The zero-order valence-corrected chi connectivity index (χ0v) is 6.32. The predicted octanol–water partition coefficient (Wildman–Crippen LogP) is -0.977. The molecule has 1 rings (SSSR count). The molecule has 0 unspecified atom stereocenters. The van der Waals surface area contributed by atoms with Gasteiger partial charge in [0.15, 0.2) is 12.2 Å². The summed E-state index contributed by atoms with van der Waals surface area (Å²) in [5.41, 5.74) is 10.2. The van der Waals surface area contributed by atoms with Crippen LogP contribution in [0.5, 0.6) is 0 Å². The lowest BCUT2D eigenvalue weighted by molar-refractivity contribution is -0.0445. The Kier molecular flexibility index (Phi) is 3.13. The van der Waals surface area contributed by atoms with Crippen molar-refractivity contribution >= 4 is 5.96 Å². The highest BCUT2D eigenvalue weighted by Crippen LogP contribution is 2.06. The van der Waals surface area contributed by atoms with Crippen molar-refractivity contribution in [3.05, 3.63) is 0 Å². The van der Waals surface area contributed by atoms with Crippen LogP contribution in [0.25, 0.3) is 0 Å². The van der Waals surface area contributed by atoms with Gasteiger partial charge in [-0.05, 0) is 0 Å².